The first kappa shape index (κ1) is 22.5. The third-order valence-corrected chi connectivity index (χ3v) is 6.75. The van der Waals surface area contributed by atoms with Crippen LogP contribution in [0, 0.1) is 0 Å². The summed E-state index contributed by atoms with van der Waals surface area (Å²) in [5.41, 5.74) is 2.65. The van der Waals surface area contributed by atoms with E-state index in [2.05, 4.69) is 67.7 Å². The molecule has 0 saturated carbocycles. The highest BCUT2D eigenvalue weighted by molar-refractivity contribution is 6.72. The summed E-state index contributed by atoms with van der Waals surface area (Å²) in [4.78, 5) is 0. The largest absolute Gasteiger partial charge is 0.491 e. The van der Waals surface area contributed by atoms with E-state index in [1.165, 1.54) is 27.1 Å². The summed E-state index contributed by atoms with van der Waals surface area (Å²) in [6.45, 7) is 8.16. The summed E-state index contributed by atoms with van der Waals surface area (Å²) in [6.07, 6.45) is 0. The molecular weight excluding hydrogens is 392 g/mol. The third-order valence-electron chi connectivity index (χ3n) is 5.01. The molecule has 0 heterocycles. The van der Waals surface area contributed by atoms with Crippen molar-refractivity contribution in [3.63, 3.8) is 0 Å². The second kappa shape index (κ2) is 11.9. The molecule has 0 radical (unpaired) electrons. The molecule has 0 spiro atoms. The van der Waals surface area contributed by atoms with E-state index < -0.39 is 8.80 Å². The molecule has 0 bridgehead atoms. The average molecular weight is 425 g/mol. The number of hydrogen-bond acceptors (Lipinski definition) is 4. The highest BCUT2D eigenvalue weighted by Gasteiger charge is 2.09. The molecule has 0 N–H and O–H groups in total. The third kappa shape index (κ3) is 6.41. The molecule has 3 rings (SSSR count). The van der Waals surface area contributed by atoms with Crippen LogP contribution in [-0.4, -0.2) is 55.5 Å². The quantitative estimate of drug-likeness (QED) is 0.322. The maximum absolute atomic E-state index is 5.84. The number of ether oxygens (including phenoxy) is 4. The van der Waals surface area contributed by atoms with Crippen LogP contribution >= 0.6 is 0 Å². The molecule has 3 aromatic carbocycles. The Morgan fingerprint density at radius 3 is 2.13 bits per heavy atom. The smallest absolute Gasteiger partial charge is 0.120 e. The summed E-state index contributed by atoms with van der Waals surface area (Å²) >= 11 is 0. The van der Waals surface area contributed by atoms with Crippen LogP contribution in [0.1, 0.15) is 0 Å². The van der Waals surface area contributed by atoms with Crippen molar-refractivity contribution in [2.24, 2.45) is 0 Å². The van der Waals surface area contributed by atoms with Gasteiger partial charge in [0.25, 0.3) is 0 Å². The van der Waals surface area contributed by atoms with Crippen LogP contribution in [0.4, 0.5) is 0 Å². The number of methoxy groups -OCH3 is 1. The molecule has 160 valence electrons. The summed E-state index contributed by atoms with van der Waals surface area (Å²) in [6, 6.07) is 21.7. The van der Waals surface area contributed by atoms with Gasteiger partial charge in [-0.1, -0.05) is 60.7 Å². The van der Waals surface area contributed by atoms with Gasteiger partial charge >= 0.3 is 0 Å². The van der Waals surface area contributed by atoms with Crippen LogP contribution in [0.15, 0.2) is 60.7 Å². The molecule has 4 nitrogen and oxygen atoms in total. The van der Waals surface area contributed by atoms with Crippen LogP contribution in [0.5, 0.6) is 5.75 Å². The molecule has 0 aliphatic heterocycles. The van der Waals surface area contributed by atoms with E-state index in [1.54, 1.807) is 7.11 Å². The van der Waals surface area contributed by atoms with Crippen LogP contribution < -0.4 is 9.92 Å². The Bertz CT molecular complexity index is 926. The Kier molecular flexibility index (Phi) is 8.90. The monoisotopic (exact) mass is 424 g/mol. The van der Waals surface area contributed by atoms with Gasteiger partial charge in [0, 0.05) is 7.11 Å². The van der Waals surface area contributed by atoms with Gasteiger partial charge in [-0.25, -0.2) is 0 Å². The van der Waals surface area contributed by atoms with Crippen molar-refractivity contribution >= 4 is 24.8 Å². The maximum atomic E-state index is 5.84. The van der Waals surface area contributed by atoms with Crippen molar-refractivity contribution < 1.29 is 18.9 Å². The Labute approximate surface area is 181 Å². The normalized spacial score (nSPS) is 11.3. The van der Waals surface area contributed by atoms with Gasteiger partial charge in [0.05, 0.1) is 41.8 Å². The van der Waals surface area contributed by atoms with E-state index in [0.29, 0.717) is 39.6 Å². The molecule has 0 fully saturated rings. The zero-order valence-corrected chi connectivity index (χ0v) is 19.4. The lowest BCUT2D eigenvalue weighted by atomic mass is 10.0. The van der Waals surface area contributed by atoms with Crippen molar-refractivity contribution in [2.75, 3.05) is 46.8 Å². The molecule has 0 atom stereocenters. The second-order valence-corrected chi connectivity index (χ2v) is 10.5. The van der Waals surface area contributed by atoms with Crippen molar-refractivity contribution in [3.05, 3.63) is 60.7 Å². The van der Waals surface area contributed by atoms with Crippen LogP contribution in [0.3, 0.4) is 0 Å². The topological polar surface area (TPSA) is 36.9 Å². The van der Waals surface area contributed by atoms with Gasteiger partial charge in [0.15, 0.2) is 0 Å². The first-order valence-corrected chi connectivity index (χ1v) is 13.5. The first-order valence-electron chi connectivity index (χ1n) is 10.6. The van der Waals surface area contributed by atoms with E-state index in [-0.39, 0.29) is 0 Å². The standard InChI is InChI=1S/C25H32O4Si/c1-26-12-13-27-14-15-28-16-17-29-23-11-10-20-18-22(9-8-21(20)19-23)24-6-4-5-7-25(24)30(2)3/h4-11,18-19,30H,12-17H2,1-3H3. The fraction of sp³-hybridized carbons (Fsp3) is 0.360. The van der Waals surface area contributed by atoms with E-state index in [0.717, 1.165) is 5.75 Å². The number of fused-ring (bicyclic) bond motifs is 1. The van der Waals surface area contributed by atoms with Gasteiger partial charge in [0.1, 0.15) is 12.4 Å². The highest BCUT2D eigenvalue weighted by atomic mass is 28.3. The zero-order chi connectivity index (χ0) is 21.2. The minimum Gasteiger partial charge on any atom is -0.491 e. The fourth-order valence-electron chi connectivity index (χ4n) is 3.43. The first-order chi connectivity index (χ1) is 14.7. The summed E-state index contributed by atoms with van der Waals surface area (Å²) in [5, 5.41) is 3.92. The molecule has 3 aromatic rings. The molecule has 0 saturated heterocycles. The molecule has 0 aromatic heterocycles. The molecule has 0 amide bonds. The summed E-state index contributed by atoms with van der Waals surface area (Å²) in [7, 11) is 0.780. The summed E-state index contributed by atoms with van der Waals surface area (Å²) in [5.74, 6) is 0.866. The van der Waals surface area contributed by atoms with Crippen molar-refractivity contribution in [1.82, 2.24) is 0 Å². The Balaban J connectivity index is 1.55. The average Bonchev–Trinajstić information content (AvgIpc) is 2.77. The Hall–Kier alpha value is -2.18. The molecule has 0 aliphatic rings. The van der Waals surface area contributed by atoms with Gasteiger partial charge in [-0.2, -0.15) is 0 Å². The molecular formula is C25H32O4Si. The lowest BCUT2D eigenvalue weighted by Crippen LogP contribution is -2.24. The van der Waals surface area contributed by atoms with Crippen molar-refractivity contribution in [2.45, 2.75) is 13.1 Å². The van der Waals surface area contributed by atoms with Gasteiger partial charge < -0.3 is 18.9 Å². The van der Waals surface area contributed by atoms with Crippen molar-refractivity contribution in [1.29, 1.82) is 0 Å². The summed E-state index contributed by atoms with van der Waals surface area (Å²) < 4.78 is 21.7. The molecule has 5 heteroatoms. The van der Waals surface area contributed by atoms with E-state index in [4.69, 9.17) is 18.9 Å². The lowest BCUT2D eigenvalue weighted by molar-refractivity contribution is 0.0180. The lowest BCUT2D eigenvalue weighted by Gasteiger charge is -2.13. The van der Waals surface area contributed by atoms with Gasteiger partial charge in [-0.05, 0) is 40.1 Å². The number of hydrogen-bond donors (Lipinski definition) is 0. The molecule has 0 aliphatic carbocycles. The predicted octanol–water partition coefficient (Wildman–Crippen LogP) is 4.26. The minimum atomic E-state index is -0.883. The Morgan fingerprint density at radius 2 is 1.37 bits per heavy atom. The van der Waals surface area contributed by atoms with Crippen LogP contribution in [-0.2, 0) is 14.2 Å². The SMILES string of the molecule is COCCOCCOCCOc1ccc2cc(-c3ccccc3[SiH](C)C)ccc2c1. The zero-order valence-electron chi connectivity index (χ0n) is 18.2. The van der Waals surface area contributed by atoms with E-state index in [9.17, 15) is 0 Å². The van der Waals surface area contributed by atoms with Gasteiger partial charge in [-0.15, -0.1) is 0 Å². The maximum Gasteiger partial charge on any atom is 0.120 e. The van der Waals surface area contributed by atoms with E-state index >= 15 is 0 Å². The number of benzene rings is 3. The number of rotatable bonds is 12. The van der Waals surface area contributed by atoms with Gasteiger partial charge in [-0.3, -0.25) is 0 Å². The van der Waals surface area contributed by atoms with Crippen LogP contribution in [0.2, 0.25) is 13.1 Å². The molecule has 30 heavy (non-hydrogen) atoms. The van der Waals surface area contributed by atoms with Crippen molar-refractivity contribution in [3.8, 4) is 16.9 Å². The molecule has 0 unspecified atom stereocenters. The Morgan fingerprint density at radius 1 is 0.700 bits per heavy atom. The minimum absolute atomic E-state index is 0.522. The van der Waals surface area contributed by atoms with Crippen LogP contribution in [0.25, 0.3) is 21.9 Å². The second-order valence-electron chi connectivity index (χ2n) is 7.53. The fourth-order valence-corrected chi connectivity index (χ4v) is 4.81. The van der Waals surface area contributed by atoms with Gasteiger partial charge in [0.2, 0.25) is 0 Å². The highest BCUT2D eigenvalue weighted by Crippen LogP contribution is 2.26. The predicted molar refractivity (Wildman–Crippen MR) is 127 cm³/mol. The van der Waals surface area contributed by atoms with E-state index in [1.807, 2.05) is 6.07 Å².